The molecular weight excluding hydrogens is 796 g/mol. The molecule has 0 unspecified atom stereocenters. The maximum Gasteiger partial charge on any atom is 0.344 e. The first-order chi connectivity index (χ1) is 18.3. The van der Waals surface area contributed by atoms with Gasteiger partial charge >= 0.3 is 5.97 Å². The molecule has 0 bridgehead atoms. The van der Waals surface area contributed by atoms with Gasteiger partial charge in [0.1, 0.15) is 28.7 Å². The summed E-state index contributed by atoms with van der Waals surface area (Å²) in [6, 6.07) is 20.3. The quantitative estimate of drug-likeness (QED) is 0.193. The third-order valence-electron chi connectivity index (χ3n) is 5.21. The van der Waals surface area contributed by atoms with E-state index in [2.05, 4.69) is 66.1 Å². The van der Waals surface area contributed by atoms with Crippen LogP contribution in [0.2, 0.25) is 0 Å². The summed E-state index contributed by atoms with van der Waals surface area (Å²) in [5, 5.41) is 11.0. The number of aliphatic hydroxyl groups is 1. The zero-order chi connectivity index (χ0) is 27.2. The van der Waals surface area contributed by atoms with E-state index in [0.717, 1.165) is 40.3 Å². The van der Waals surface area contributed by atoms with Crippen molar-refractivity contribution in [1.29, 1.82) is 0 Å². The van der Waals surface area contributed by atoms with Crippen LogP contribution in [-0.4, -0.2) is 28.6 Å². The molecule has 0 fully saturated rings. The number of esters is 1. The summed E-state index contributed by atoms with van der Waals surface area (Å²) in [4.78, 5) is 29.9. The molecule has 0 atom stereocenters. The largest absolute Gasteiger partial charge is 0.506 e. The van der Waals surface area contributed by atoms with Gasteiger partial charge in [-0.3, -0.25) is 4.79 Å². The molecule has 1 amide bonds. The molecule has 0 aromatic heterocycles. The zero-order valence-corrected chi connectivity index (χ0v) is 26.6. The van der Waals surface area contributed by atoms with Crippen molar-refractivity contribution in [3.8, 4) is 5.75 Å². The van der Waals surface area contributed by atoms with Crippen LogP contribution in [0.5, 0.6) is 5.75 Å². The number of aliphatic imine (C=N–C) groups is 1. The smallest absolute Gasteiger partial charge is 0.344 e. The number of nitrogens with zero attached hydrogens (tertiary/aromatic N) is 1. The summed E-state index contributed by atoms with van der Waals surface area (Å²) in [6.45, 7) is 2.22. The van der Waals surface area contributed by atoms with E-state index >= 15 is 0 Å². The van der Waals surface area contributed by atoms with Crippen molar-refractivity contribution in [2.75, 3.05) is 6.61 Å². The van der Waals surface area contributed by atoms with Crippen molar-refractivity contribution < 1.29 is 24.2 Å². The van der Waals surface area contributed by atoms with E-state index in [4.69, 9.17) is 9.47 Å². The van der Waals surface area contributed by atoms with Crippen LogP contribution in [0, 0.1) is 7.14 Å². The van der Waals surface area contributed by atoms with Crippen LogP contribution in [0.3, 0.4) is 0 Å². The number of halogens is 3. The summed E-state index contributed by atoms with van der Waals surface area (Å²) in [5.41, 5.74) is 2.10. The Hall–Kier alpha value is -2.16. The number of aliphatic hydroxyl groups excluding tert-OH is 1. The number of rotatable bonds is 7. The zero-order valence-electron chi connectivity index (χ0n) is 19.9. The predicted octanol–water partition coefficient (Wildman–Crippen LogP) is 7.94. The van der Waals surface area contributed by atoms with Crippen LogP contribution in [0.25, 0.3) is 6.08 Å². The molecule has 0 saturated carbocycles. The minimum atomic E-state index is -0.735. The minimum Gasteiger partial charge on any atom is -0.506 e. The fourth-order valence-corrected chi connectivity index (χ4v) is 6.82. The number of hydrogen-bond acceptors (Lipinski definition) is 6. The lowest BCUT2D eigenvalue weighted by Gasteiger charge is -2.12. The summed E-state index contributed by atoms with van der Waals surface area (Å²) < 4.78 is 14.0. The number of ether oxygens (including phenoxy) is 2. The van der Waals surface area contributed by atoms with Crippen LogP contribution in [0.1, 0.15) is 28.4 Å². The Bertz CT molecular complexity index is 1450. The molecule has 0 saturated heterocycles. The molecule has 4 rings (SSSR count). The lowest BCUT2D eigenvalue weighted by Crippen LogP contribution is -2.14. The summed E-state index contributed by atoms with van der Waals surface area (Å²) in [5.74, 6) is -0.756. The number of thioether (sulfide) groups is 1. The molecule has 10 heteroatoms. The van der Waals surface area contributed by atoms with Gasteiger partial charge in [0.05, 0.1) is 18.7 Å². The molecule has 1 N–H and O–H groups in total. The second kappa shape index (κ2) is 13.3. The predicted molar refractivity (Wildman–Crippen MR) is 170 cm³/mol. The molecule has 0 spiro atoms. The second-order valence-electron chi connectivity index (χ2n) is 7.87. The highest BCUT2D eigenvalue weighted by atomic mass is 127. The molecule has 1 heterocycles. The number of carbonyl (C=O) groups excluding carboxylic acids is 2. The van der Waals surface area contributed by atoms with Gasteiger partial charge in [-0.25, -0.2) is 9.79 Å². The number of carbonyl (C=O) groups is 2. The van der Waals surface area contributed by atoms with Crippen molar-refractivity contribution >= 4 is 95.9 Å². The van der Waals surface area contributed by atoms with Crippen LogP contribution in [0.4, 0.5) is 0 Å². The lowest BCUT2D eigenvalue weighted by atomic mass is 10.1. The van der Waals surface area contributed by atoms with Gasteiger partial charge in [-0.2, -0.15) is 0 Å². The first-order valence-electron chi connectivity index (χ1n) is 11.3. The molecule has 1 aliphatic heterocycles. The Labute approximate surface area is 260 Å². The standard InChI is InChI=1S/C28H20BrI2NO5S/c1-2-36-28(35)23-24(33)22(38-27(23)32-26(34)18-6-4-3-5-7-18)14-17-12-20(30)25(21(31)13-17)37-15-16-8-10-19(29)11-9-16/h3-14,33H,2,15H2,1H3/b22-14-,32-27?. The van der Waals surface area contributed by atoms with Crippen LogP contribution < -0.4 is 4.74 Å². The Kier molecular flexibility index (Phi) is 10.1. The van der Waals surface area contributed by atoms with E-state index in [9.17, 15) is 14.7 Å². The first-order valence-corrected chi connectivity index (χ1v) is 15.1. The fourth-order valence-electron chi connectivity index (χ4n) is 3.42. The van der Waals surface area contributed by atoms with E-state index in [1.54, 1.807) is 43.3 Å². The fraction of sp³-hybridized carbons (Fsp3) is 0.107. The molecule has 38 heavy (non-hydrogen) atoms. The molecule has 0 radical (unpaired) electrons. The monoisotopic (exact) mass is 815 g/mol. The highest BCUT2D eigenvalue weighted by molar-refractivity contribution is 14.1. The molecule has 3 aromatic rings. The normalized spacial score (nSPS) is 15.3. The van der Waals surface area contributed by atoms with Gasteiger partial charge in [-0.1, -0.05) is 58.0 Å². The minimum absolute atomic E-state index is 0.0971. The van der Waals surface area contributed by atoms with Crippen LogP contribution in [0.15, 0.2) is 92.4 Å². The van der Waals surface area contributed by atoms with Crippen LogP contribution >= 0.6 is 72.9 Å². The van der Waals surface area contributed by atoms with Crippen molar-refractivity contribution in [3.05, 3.63) is 111 Å². The molecular formula is C28H20BrI2NO5S. The van der Waals surface area contributed by atoms with E-state index in [-0.39, 0.29) is 23.0 Å². The maximum absolute atomic E-state index is 12.7. The van der Waals surface area contributed by atoms with E-state index in [1.165, 1.54) is 0 Å². The van der Waals surface area contributed by atoms with Crippen molar-refractivity contribution in [1.82, 2.24) is 0 Å². The molecule has 1 aliphatic rings. The first kappa shape index (κ1) is 28.8. The van der Waals surface area contributed by atoms with Gasteiger partial charge in [0.2, 0.25) is 0 Å². The highest BCUT2D eigenvalue weighted by Gasteiger charge is 2.34. The van der Waals surface area contributed by atoms with E-state index in [1.807, 2.05) is 36.4 Å². The number of hydrogen-bond donors (Lipinski definition) is 1. The third kappa shape index (κ3) is 7.07. The summed E-state index contributed by atoms with van der Waals surface area (Å²) in [7, 11) is 0. The molecule has 0 aliphatic carbocycles. The van der Waals surface area contributed by atoms with Gasteiger partial charge in [0.25, 0.3) is 5.91 Å². The van der Waals surface area contributed by atoms with E-state index in [0.29, 0.717) is 17.1 Å². The summed E-state index contributed by atoms with van der Waals surface area (Å²) in [6.07, 6.45) is 1.75. The van der Waals surface area contributed by atoms with E-state index < -0.39 is 11.9 Å². The van der Waals surface area contributed by atoms with Crippen molar-refractivity contribution in [3.63, 3.8) is 0 Å². The lowest BCUT2D eigenvalue weighted by molar-refractivity contribution is -0.138. The number of benzene rings is 3. The molecule has 3 aromatic carbocycles. The van der Waals surface area contributed by atoms with Gasteiger partial charge in [-0.15, -0.1) is 0 Å². The summed E-state index contributed by atoms with van der Waals surface area (Å²) >= 11 is 8.91. The number of amides is 1. The molecule has 194 valence electrons. The Morgan fingerprint density at radius 1 is 1.05 bits per heavy atom. The van der Waals surface area contributed by atoms with Crippen LogP contribution in [-0.2, 0) is 16.1 Å². The molecule has 6 nitrogen and oxygen atoms in total. The third-order valence-corrected chi connectivity index (χ3v) is 8.36. The average Bonchev–Trinajstić information content (AvgIpc) is 3.19. The SMILES string of the molecule is CCOC(=O)C1=C(O)/C(=C/c2cc(I)c(OCc3ccc(Br)cc3)c(I)c2)SC1=NC(=O)c1ccccc1. The Morgan fingerprint density at radius 3 is 2.34 bits per heavy atom. The van der Waals surface area contributed by atoms with Gasteiger partial charge in [-0.05, 0) is 106 Å². The van der Waals surface area contributed by atoms with Gasteiger partial charge in [0.15, 0.2) is 0 Å². The average molecular weight is 816 g/mol. The topological polar surface area (TPSA) is 85.2 Å². The van der Waals surface area contributed by atoms with Gasteiger partial charge in [0, 0.05) is 10.0 Å². The second-order valence-corrected chi connectivity index (χ2v) is 12.1. The maximum atomic E-state index is 12.7. The van der Waals surface area contributed by atoms with Crippen molar-refractivity contribution in [2.45, 2.75) is 13.5 Å². The van der Waals surface area contributed by atoms with Gasteiger partial charge < -0.3 is 14.6 Å². The van der Waals surface area contributed by atoms with Crippen molar-refractivity contribution in [2.24, 2.45) is 4.99 Å². The highest BCUT2D eigenvalue weighted by Crippen LogP contribution is 2.40. The Balaban J connectivity index is 1.62. The Morgan fingerprint density at radius 2 is 1.71 bits per heavy atom.